The van der Waals surface area contributed by atoms with Gasteiger partial charge in [0, 0.05) is 11.9 Å². The molecule has 0 radical (unpaired) electrons. The Morgan fingerprint density at radius 1 is 1.27 bits per heavy atom. The zero-order valence-electron chi connectivity index (χ0n) is 13.9. The van der Waals surface area contributed by atoms with Crippen LogP contribution in [0.3, 0.4) is 0 Å². The molecule has 1 fully saturated rings. The summed E-state index contributed by atoms with van der Waals surface area (Å²) in [7, 11) is 0. The Hall–Kier alpha value is -2.31. The molecule has 1 aliphatic rings. The van der Waals surface area contributed by atoms with Crippen LogP contribution in [0.2, 0.25) is 0 Å². The zero-order valence-corrected chi connectivity index (χ0v) is 15.5. The lowest BCUT2D eigenvalue weighted by Crippen LogP contribution is -2.26. The van der Waals surface area contributed by atoms with Crippen molar-refractivity contribution in [1.29, 1.82) is 0 Å². The minimum atomic E-state index is -1.02. The van der Waals surface area contributed by atoms with E-state index in [1.54, 1.807) is 31.3 Å². The van der Waals surface area contributed by atoms with Crippen LogP contribution in [0.25, 0.3) is 5.65 Å². The summed E-state index contributed by atoms with van der Waals surface area (Å²) < 4.78 is 1.86. The van der Waals surface area contributed by atoms with E-state index in [1.807, 2.05) is 24.3 Å². The van der Waals surface area contributed by atoms with E-state index < -0.39 is 9.75 Å². The lowest BCUT2D eigenvalue weighted by atomic mass is 10.1. The molecule has 3 aromatic rings. The first kappa shape index (κ1) is 17.1. The smallest absolute Gasteiger partial charge is 0.326 e. The maximum atomic E-state index is 12.4. The van der Waals surface area contributed by atoms with E-state index in [-0.39, 0.29) is 11.6 Å². The van der Waals surface area contributed by atoms with Gasteiger partial charge in [-0.15, -0.1) is 28.3 Å². The Bertz CT molecular complexity index is 1070. The number of hydrogen-bond donors (Lipinski definition) is 1. The van der Waals surface area contributed by atoms with Gasteiger partial charge in [0.2, 0.25) is 5.91 Å². The molecule has 0 aliphatic heterocycles. The fourth-order valence-electron chi connectivity index (χ4n) is 2.91. The number of hydrogen-bond acceptors (Lipinski definition) is 3. The van der Waals surface area contributed by atoms with Crippen LogP contribution in [0.4, 0.5) is 5.69 Å². The van der Waals surface area contributed by atoms with Crippen LogP contribution >= 0.6 is 23.2 Å². The minimum Gasteiger partial charge on any atom is -0.326 e. The number of pyridine rings is 1. The van der Waals surface area contributed by atoms with Gasteiger partial charge in [-0.1, -0.05) is 18.2 Å². The van der Waals surface area contributed by atoms with E-state index in [2.05, 4.69) is 10.4 Å². The van der Waals surface area contributed by atoms with Crippen LogP contribution in [0.5, 0.6) is 0 Å². The van der Waals surface area contributed by atoms with Gasteiger partial charge in [0.25, 0.3) is 0 Å². The fraction of sp³-hybridized carbons (Fsp3) is 0.278. The number of amides is 1. The molecule has 2 aromatic heterocycles. The maximum Gasteiger partial charge on any atom is 0.350 e. The summed E-state index contributed by atoms with van der Waals surface area (Å²) in [6, 6.07) is 12.7. The maximum absolute atomic E-state index is 12.4. The SMILES string of the molecule is C[C@]1(C(=O)Nc2cccc(Cn3nc4ccccn4c3=O)c2)CC1(Cl)Cl. The Labute approximate surface area is 159 Å². The Balaban J connectivity index is 1.55. The first-order valence-corrected chi connectivity index (χ1v) is 8.88. The van der Waals surface area contributed by atoms with Crippen molar-refractivity contribution in [1.82, 2.24) is 14.2 Å². The predicted octanol–water partition coefficient (Wildman–Crippen LogP) is 3.07. The molecule has 6 nitrogen and oxygen atoms in total. The van der Waals surface area contributed by atoms with Crippen molar-refractivity contribution in [2.24, 2.45) is 5.41 Å². The fourth-order valence-corrected chi connectivity index (χ4v) is 3.61. The van der Waals surface area contributed by atoms with Crippen LogP contribution < -0.4 is 11.0 Å². The molecule has 26 heavy (non-hydrogen) atoms. The number of fused-ring (bicyclic) bond motifs is 1. The third kappa shape index (κ3) is 2.79. The summed E-state index contributed by atoms with van der Waals surface area (Å²) in [5, 5.41) is 7.16. The van der Waals surface area contributed by atoms with E-state index >= 15 is 0 Å². The van der Waals surface area contributed by atoms with Crippen molar-refractivity contribution >= 4 is 40.4 Å². The van der Waals surface area contributed by atoms with E-state index in [0.717, 1.165) is 5.56 Å². The second-order valence-corrected chi connectivity index (χ2v) is 8.22. The molecule has 134 valence electrons. The molecule has 4 rings (SSSR count). The molecule has 2 heterocycles. The number of alkyl halides is 2. The first-order valence-electron chi connectivity index (χ1n) is 8.13. The largest absolute Gasteiger partial charge is 0.350 e. The summed E-state index contributed by atoms with van der Waals surface area (Å²) in [6.45, 7) is 2.04. The third-order valence-electron chi connectivity index (χ3n) is 4.76. The Morgan fingerprint density at radius 3 is 2.73 bits per heavy atom. The van der Waals surface area contributed by atoms with Crippen molar-refractivity contribution < 1.29 is 4.79 Å². The number of carbonyl (C=O) groups is 1. The number of halogens is 2. The van der Waals surface area contributed by atoms with Crippen LogP contribution in [-0.2, 0) is 11.3 Å². The molecular formula is C18H16Cl2N4O2. The second kappa shape index (κ2) is 5.86. The molecule has 1 aliphatic carbocycles. The van der Waals surface area contributed by atoms with Crippen molar-refractivity contribution in [3.05, 3.63) is 64.7 Å². The average molecular weight is 391 g/mol. The summed E-state index contributed by atoms with van der Waals surface area (Å²) in [5.74, 6) is -0.218. The number of aromatic nitrogens is 3. The lowest BCUT2D eigenvalue weighted by molar-refractivity contribution is -0.120. The minimum absolute atomic E-state index is 0.213. The molecule has 1 amide bonds. The average Bonchev–Trinajstić information content (AvgIpc) is 2.98. The summed E-state index contributed by atoms with van der Waals surface area (Å²) >= 11 is 12.1. The summed E-state index contributed by atoms with van der Waals surface area (Å²) in [5.41, 5.74) is 1.06. The van der Waals surface area contributed by atoms with Crippen LogP contribution in [0, 0.1) is 5.41 Å². The van der Waals surface area contributed by atoms with Gasteiger partial charge in [-0.2, -0.15) is 0 Å². The molecule has 1 atom stereocenters. The van der Waals surface area contributed by atoms with Gasteiger partial charge >= 0.3 is 5.69 Å². The van der Waals surface area contributed by atoms with Crippen LogP contribution in [0.15, 0.2) is 53.5 Å². The lowest BCUT2D eigenvalue weighted by Gasteiger charge is -2.13. The number of benzene rings is 1. The molecule has 1 N–H and O–H groups in total. The van der Waals surface area contributed by atoms with E-state index in [1.165, 1.54) is 9.08 Å². The molecule has 1 aromatic carbocycles. The van der Waals surface area contributed by atoms with Gasteiger partial charge in [0.1, 0.15) is 4.33 Å². The molecule has 0 unspecified atom stereocenters. The Kier molecular flexibility index (Phi) is 3.86. The molecule has 0 bridgehead atoms. The predicted molar refractivity (Wildman–Crippen MR) is 101 cm³/mol. The van der Waals surface area contributed by atoms with Gasteiger partial charge in [-0.3, -0.25) is 9.20 Å². The zero-order chi connectivity index (χ0) is 18.5. The molecule has 8 heteroatoms. The third-order valence-corrected chi connectivity index (χ3v) is 5.87. The number of rotatable bonds is 4. The van der Waals surface area contributed by atoms with Gasteiger partial charge in [0.05, 0.1) is 12.0 Å². The van der Waals surface area contributed by atoms with E-state index in [4.69, 9.17) is 23.2 Å². The highest BCUT2D eigenvalue weighted by atomic mass is 35.5. The van der Waals surface area contributed by atoms with Crippen LogP contribution in [-0.4, -0.2) is 24.4 Å². The van der Waals surface area contributed by atoms with Gasteiger partial charge in [-0.25, -0.2) is 9.48 Å². The highest BCUT2D eigenvalue weighted by Gasteiger charge is 2.67. The quantitative estimate of drug-likeness (QED) is 0.695. The van der Waals surface area contributed by atoms with E-state index in [9.17, 15) is 9.59 Å². The van der Waals surface area contributed by atoms with Crippen LogP contribution in [0.1, 0.15) is 18.9 Å². The topological polar surface area (TPSA) is 68.4 Å². The van der Waals surface area contributed by atoms with Gasteiger partial charge in [0.15, 0.2) is 5.65 Å². The van der Waals surface area contributed by atoms with Gasteiger partial charge in [-0.05, 0) is 43.2 Å². The number of carbonyl (C=O) groups excluding carboxylic acids is 1. The molecule has 1 saturated carbocycles. The number of nitrogens with zero attached hydrogens (tertiary/aromatic N) is 3. The highest BCUT2D eigenvalue weighted by molar-refractivity contribution is 6.53. The monoisotopic (exact) mass is 390 g/mol. The normalized spacial score (nSPS) is 20.9. The molecular weight excluding hydrogens is 375 g/mol. The summed E-state index contributed by atoms with van der Waals surface area (Å²) in [4.78, 5) is 24.8. The number of anilines is 1. The van der Waals surface area contributed by atoms with Crippen molar-refractivity contribution in [2.45, 2.75) is 24.2 Å². The highest BCUT2D eigenvalue weighted by Crippen LogP contribution is 2.64. The standard InChI is InChI=1S/C18H16Cl2N4O2/c1-17(11-18(17,19)20)15(25)21-13-6-4-5-12(9-13)10-24-16(26)23-8-3-2-7-14(23)22-24/h2-9H,10-11H2,1H3,(H,21,25)/t17-/m1/s1. The van der Waals surface area contributed by atoms with Crippen molar-refractivity contribution in [3.8, 4) is 0 Å². The molecule has 0 spiro atoms. The second-order valence-electron chi connectivity index (χ2n) is 6.74. The van der Waals surface area contributed by atoms with E-state index in [0.29, 0.717) is 24.3 Å². The Morgan fingerprint density at radius 2 is 2.04 bits per heavy atom. The number of nitrogens with one attached hydrogen (secondary N) is 1. The first-order chi connectivity index (χ1) is 12.3. The van der Waals surface area contributed by atoms with Crippen molar-refractivity contribution in [3.63, 3.8) is 0 Å². The van der Waals surface area contributed by atoms with Crippen molar-refractivity contribution in [2.75, 3.05) is 5.32 Å². The molecule has 0 saturated heterocycles. The summed E-state index contributed by atoms with van der Waals surface area (Å²) in [6.07, 6.45) is 2.10. The van der Waals surface area contributed by atoms with Gasteiger partial charge < -0.3 is 5.32 Å².